The third-order valence-electron chi connectivity index (χ3n) is 4.76. The SMILES string of the molecule is CS(=O)(=O)Nc1ccc(/C=C/C(=O)N2CCN(c3cccc(C(F)(F)F)c3)CC2)cc1. The smallest absolute Gasteiger partial charge is 0.368 e. The van der Waals surface area contributed by atoms with Crippen LogP contribution in [-0.2, 0) is 21.0 Å². The maximum Gasteiger partial charge on any atom is 0.416 e. The summed E-state index contributed by atoms with van der Waals surface area (Å²) in [5.74, 6) is -0.193. The number of amides is 1. The normalized spacial score (nSPS) is 15.4. The third-order valence-corrected chi connectivity index (χ3v) is 5.37. The minimum atomic E-state index is -4.39. The first kappa shape index (κ1) is 22.7. The van der Waals surface area contributed by atoms with Crippen molar-refractivity contribution in [1.82, 2.24) is 4.90 Å². The lowest BCUT2D eigenvalue weighted by atomic mass is 10.1. The standard InChI is InChI=1S/C21H22F3N3O3S/c1-31(29,30)25-18-8-5-16(6-9-18)7-10-20(28)27-13-11-26(12-14-27)19-4-2-3-17(15-19)21(22,23)24/h2-10,15,25H,11-14H2,1H3/b10-7+. The molecular weight excluding hydrogens is 431 g/mol. The third kappa shape index (κ3) is 6.48. The van der Waals surface area contributed by atoms with Crippen LogP contribution in [0.5, 0.6) is 0 Å². The Morgan fingerprint density at radius 2 is 1.68 bits per heavy atom. The summed E-state index contributed by atoms with van der Waals surface area (Å²) in [6, 6.07) is 11.7. The molecule has 1 amide bonds. The van der Waals surface area contributed by atoms with E-state index in [-0.39, 0.29) is 5.91 Å². The van der Waals surface area contributed by atoms with Gasteiger partial charge in [0, 0.05) is 43.6 Å². The van der Waals surface area contributed by atoms with Crippen LogP contribution in [0.3, 0.4) is 0 Å². The number of carbonyl (C=O) groups is 1. The molecular formula is C21H22F3N3O3S. The monoisotopic (exact) mass is 453 g/mol. The number of carbonyl (C=O) groups excluding carboxylic acids is 1. The summed E-state index contributed by atoms with van der Waals surface area (Å²) in [5, 5.41) is 0. The number of nitrogens with zero attached hydrogens (tertiary/aromatic N) is 2. The lowest BCUT2D eigenvalue weighted by Crippen LogP contribution is -2.48. The van der Waals surface area contributed by atoms with Gasteiger partial charge in [-0.2, -0.15) is 13.2 Å². The van der Waals surface area contributed by atoms with Crippen LogP contribution in [0, 0.1) is 0 Å². The van der Waals surface area contributed by atoms with Gasteiger partial charge in [0.2, 0.25) is 15.9 Å². The second-order valence-corrected chi connectivity index (χ2v) is 8.94. The molecule has 1 aliphatic rings. The Morgan fingerprint density at radius 3 is 2.26 bits per heavy atom. The van der Waals surface area contributed by atoms with E-state index >= 15 is 0 Å². The average Bonchev–Trinajstić information content (AvgIpc) is 2.71. The zero-order valence-corrected chi connectivity index (χ0v) is 17.6. The van der Waals surface area contributed by atoms with E-state index < -0.39 is 21.8 Å². The van der Waals surface area contributed by atoms with Crippen molar-refractivity contribution in [1.29, 1.82) is 0 Å². The van der Waals surface area contributed by atoms with Crippen molar-refractivity contribution in [2.75, 3.05) is 42.1 Å². The van der Waals surface area contributed by atoms with Gasteiger partial charge in [0.05, 0.1) is 11.8 Å². The molecule has 0 saturated carbocycles. The molecule has 2 aromatic carbocycles. The molecule has 0 bridgehead atoms. The van der Waals surface area contributed by atoms with Crippen LogP contribution >= 0.6 is 0 Å². The fourth-order valence-electron chi connectivity index (χ4n) is 3.21. The molecule has 0 radical (unpaired) electrons. The van der Waals surface area contributed by atoms with Gasteiger partial charge in [-0.25, -0.2) is 8.42 Å². The maximum atomic E-state index is 12.9. The van der Waals surface area contributed by atoms with Crippen LogP contribution in [0.2, 0.25) is 0 Å². The van der Waals surface area contributed by atoms with Gasteiger partial charge in [0.25, 0.3) is 0 Å². The van der Waals surface area contributed by atoms with Crippen LogP contribution in [0.1, 0.15) is 11.1 Å². The van der Waals surface area contributed by atoms with Gasteiger partial charge in [0.1, 0.15) is 0 Å². The first-order valence-electron chi connectivity index (χ1n) is 9.48. The summed E-state index contributed by atoms with van der Waals surface area (Å²) in [4.78, 5) is 15.9. The minimum absolute atomic E-state index is 0.193. The Labute approximate surface area is 179 Å². The van der Waals surface area contributed by atoms with Gasteiger partial charge < -0.3 is 9.80 Å². The fraction of sp³-hybridized carbons (Fsp3) is 0.286. The number of hydrogen-bond acceptors (Lipinski definition) is 4. The van der Waals surface area contributed by atoms with E-state index in [2.05, 4.69) is 4.72 Å². The quantitative estimate of drug-likeness (QED) is 0.705. The molecule has 1 saturated heterocycles. The number of rotatable bonds is 5. The van der Waals surface area contributed by atoms with Crippen LogP contribution in [-0.4, -0.2) is 51.7 Å². The van der Waals surface area contributed by atoms with E-state index in [1.165, 1.54) is 12.1 Å². The fourth-order valence-corrected chi connectivity index (χ4v) is 3.78. The van der Waals surface area contributed by atoms with E-state index in [1.807, 2.05) is 4.90 Å². The van der Waals surface area contributed by atoms with E-state index in [9.17, 15) is 26.4 Å². The largest absolute Gasteiger partial charge is 0.416 e. The molecule has 1 fully saturated rings. The number of sulfonamides is 1. The Hall–Kier alpha value is -3.01. The van der Waals surface area contributed by atoms with Crippen molar-refractivity contribution in [3.8, 4) is 0 Å². The van der Waals surface area contributed by atoms with E-state index in [1.54, 1.807) is 41.3 Å². The molecule has 0 aromatic heterocycles. The summed E-state index contributed by atoms with van der Waals surface area (Å²) in [6.07, 6.45) is -0.269. The Balaban J connectivity index is 1.56. The Kier molecular flexibility index (Phi) is 6.59. The molecule has 0 atom stereocenters. The highest BCUT2D eigenvalue weighted by Crippen LogP contribution is 2.31. The minimum Gasteiger partial charge on any atom is -0.368 e. The summed E-state index contributed by atoms with van der Waals surface area (Å²) < 4.78 is 63.5. The highest BCUT2D eigenvalue weighted by Gasteiger charge is 2.31. The predicted molar refractivity (Wildman–Crippen MR) is 114 cm³/mol. The summed E-state index contributed by atoms with van der Waals surface area (Å²) in [6.45, 7) is 1.67. The molecule has 1 heterocycles. The van der Waals surface area contributed by atoms with Crippen LogP contribution < -0.4 is 9.62 Å². The second kappa shape index (κ2) is 9.01. The summed E-state index contributed by atoms with van der Waals surface area (Å²) in [5.41, 5.74) is 0.955. The summed E-state index contributed by atoms with van der Waals surface area (Å²) in [7, 11) is -3.35. The maximum absolute atomic E-state index is 12.9. The van der Waals surface area contributed by atoms with Crippen molar-refractivity contribution < 1.29 is 26.4 Å². The van der Waals surface area contributed by atoms with Crippen molar-refractivity contribution in [2.24, 2.45) is 0 Å². The predicted octanol–water partition coefficient (Wildman–Crippen LogP) is 3.44. The van der Waals surface area contributed by atoms with Gasteiger partial charge in [0.15, 0.2) is 0 Å². The van der Waals surface area contributed by atoms with Gasteiger partial charge >= 0.3 is 6.18 Å². The molecule has 6 nitrogen and oxygen atoms in total. The lowest BCUT2D eigenvalue weighted by molar-refractivity contribution is -0.137. The molecule has 31 heavy (non-hydrogen) atoms. The highest BCUT2D eigenvalue weighted by atomic mass is 32.2. The zero-order valence-electron chi connectivity index (χ0n) is 16.8. The molecule has 0 unspecified atom stereocenters. The molecule has 166 valence electrons. The summed E-state index contributed by atoms with van der Waals surface area (Å²) >= 11 is 0. The topological polar surface area (TPSA) is 69.7 Å². The lowest BCUT2D eigenvalue weighted by Gasteiger charge is -2.35. The number of nitrogens with one attached hydrogen (secondary N) is 1. The molecule has 1 aliphatic heterocycles. The van der Waals surface area contributed by atoms with Crippen LogP contribution in [0.15, 0.2) is 54.6 Å². The number of piperazine rings is 1. The Morgan fingerprint density at radius 1 is 1.03 bits per heavy atom. The molecule has 0 spiro atoms. The highest BCUT2D eigenvalue weighted by molar-refractivity contribution is 7.92. The van der Waals surface area contributed by atoms with Crippen molar-refractivity contribution >= 4 is 33.4 Å². The molecule has 1 N–H and O–H groups in total. The van der Waals surface area contributed by atoms with Crippen LogP contribution in [0.4, 0.5) is 24.5 Å². The van der Waals surface area contributed by atoms with Crippen molar-refractivity contribution in [3.63, 3.8) is 0 Å². The Bertz CT molecular complexity index is 1060. The zero-order chi connectivity index (χ0) is 22.6. The molecule has 0 aliphatic carbocycles. The van der Waals surface area contributed by atoms with Gasteiger partial charge in [-0.3, -0.25) is 9.52 Å². The molecule has 3 rings (SSSR count). The van der Waals surface area contributed by atoms with Gasteiger partial charge in [-0.15, -0.1) is 0 Å². The second-order valence-electron chi connectivity index (χ2n) is 7.19. The van der Waals surface area contributed by atoms with Crippen molar-refractivity contribution in [3.05, 3.63) is 65.7 Å². The van der Waals surface area contributed by atoms with Gasteiger partial charge in [-0.1, -0.05) is 18.2 Å². The van der Waals surface area contributed by atoms with E-state index in [0.717, 1.165) is 24.0 Å². The van der Waals surface area contributed by atoms with Crippen molar-refractivity contribution in [2.45, 2.75) is 6.18 Å². The van der Waals surface area contributed by atoms with Gasteiger partial charge in [-0.05, 0) is 42.0 Å². The van der Waals surface area contributed by atoms with E-state index in [4.69, 9.17) is 0 Å². The number of alkyl halides is 3. The first-order chi connectivity index (χ1) is 14.5. The number of halogens is 3. The van der Waals surface area contributed by atoms with Crippen LogP contribution in [0.25, 0.3) is 6.08 Å². The number of anilines is 2. The average molecular weight is 453 g/mol. The first-order valence-corrected chi connectivity index (χ1v) is 11.4. The molecule has 2 aromatic rings. The van der Waals surface area contributed by atoms with E-state index in [0.29, 0.717) is 37.6 Å². The number of hydrogen-bond donors (Lipinski definition) is 1. The number of benzene rings is 2. The molecule has 10 heteroatoms.